The number of halogens is 2. The van der Waals surface area contributed by atoms with Crippen molar-refractivity contribution in [2.75, 3.05) is 5.32 Å². The van der Waals surface area contributed by atoms with Crippen LogP contribution in [0.2, 0.25) is 10.0 Å². The number of nitrogens with zero attached hydrogens (tertiary/aromatic N) is 2. The lowest BCUT2D eigenvalue weighted by atomic mass is 9.81. The Morgan fingerprint density at radius 1 is 1.06 bits per heavy atom. The molecule has 2 unspecified atom stereocenters. The molecule has 0 radical (unpaired) electrons. The minimum atomic E-state index is 0.296. The molecular formula is C25H29Cl2N3S. The summed E-state index contributed by atoms with van der Waals surface area (Å²) < 4.78 is 0. The Bertz CT molecular complexity index is 1060. The quantitative estimate of drug-likeness (QED) is 0.375. The molecule has 2 heterocycles. The maximum atomic E-state index is 6.51. The van der Waals surface area contributed by atoms with E-state index in [0.29, 0.717) is 22.0 Å². The van der Waals surface area contributed by atoms with E-state index in [1.54, 1.807) is 6.07 Å². The molecule has 1 aliphatic rings. The number of aryl methyl sites for hydroxylation is 3. The summed E-state index contributed by atoms with van der Waals surface area (Å²) in [5, 5.41) is 7.29. The highest BCUT2D eigenvalue weighted by atomic mass is 35.5. The zero-order valence-electron chi connectivity index (χ0n) is 18.3. The summed E-state index contributed by atoms with van der Waals surface area (Å²) in [6.45, 7) is 6.52. The lowest BCUT2D eigenvalue weighted by molar-refractivity contribution is 0.372. The first-order valence-electron chi connectivity index (χ1n) is 11.2. The third kappa shape index (κ3) is 4.62. The molecule has 1 aliphatic carbocycles. The van der Waals surface area contributed by atoms with E-state index in [9.17, 15) is 0 Å². The molecule has 4 rings (SSSR count). The molecule has 0 fully saturated rings. The molecule has 3 nitrogen and oxygen atoms in total. The van der Waals surface area contributed by atoms with E-state index >= 15 is 0 Å². The Balaban J connectivity index is 1.75. The van der Waals surface area contributed by atoms with Gasteiger partial charge < -0.3 is 5.32 Å². The van der Waals surface area contributed by atoms with E-state index in [2.05, 4.69) is 37.5 Å². The van der Waals surface area contributed by atoms with Crippen LogP contribution in [0.25, 0.3) is 11.3 Å². The van der Waals surface area contributed by atoms with Gasteiger partial charge in [0, 0.05) is 15.5 Å². The summed E-state index contributed by atoms with van der Waals surface area (Å²) >= 11 is 14.5. The average Bonchev–Trinajstić information content (AvgIpc) is 3.24. The van der Waals surface area contributed by atoms with Gasteiger partial charge in [0.15, 0.2) is 0 Å². The number of nitrogens with one attached hydrogen (secondary N) is 1. The van der Waals surface area contributed by atoms with Gasteiger partial charge in [-0.25, -0.2) is 9.97 Å². The van der Waals surface area contributed by atoms with Crippen molar-refractivity contribution in [3.05, 3.63) is 61.5 Å². The number of anilines is 1. The van der Waals surface area contributed by atoms with Gasteiger partial charge in [-0.05, 0) is 73.2 Å². The molecule has 31 heavy (non-hydrogen) atoms. The lowest BCUT2D eigenvalue weighted by Crippen LogP contribution is -2.27. The molecule has 3 aromatic rings. The topological polar surface area (TPSA) is 37.8 Å². The van der Waals surface area contributed by atoms with Gasteiger partial charge >= 0.3 is 0 Å². The monoisotopic (exact) mass is 473 g/mol. The van der Waals surface area contributed by atoms with Crippen molar-refractivity contribution in [2.24, 2.45) is 5.92 Å². The van der Waals surface area contributed by atoms with Crippen LogP contribution >= 0.6 is 34.5 Å². The van der Waals surface area contributed by atoms with Crippen molar-refractivity contribution in [2.45, 2.75) is 65.3 Å². The Kier molecular flexibility index (Phi) is 7.20. The zero-order valence-corrected chi connectivity index (χ0v) is 20.7. The van der Waals surface area contributed by atoms with Gasteiger partial charge in [-0.2, -0.15) is 0 Å². The smallest absolute Gasteiger partial charge is 0.148 e. The third-order valence-corrected chi connectivity index (χ3v) is 7.72. The molecule has 2 aromatic heterocycles. The van der Waals surface area contributed by atoms with Crippen molar-refractivity contribution < 1.29 is 0 Å². The van der Waals surface area contributed by atoms with E-state index in [0.717, 1.165) is 41.3 Å². The van der Waals surface area contributed by atoms with Crippen molar-refractivity contribution in [1.29, 1.82) is 0 Å². The molecule has 6 heteroatoms. The van der Waals surface area contributed by atoms with Gasteiger partial charge in [-0.1, -0.05) is 50.4 Å². The molecule has 0 bridgehead atoms. The molecular weight excluding hydrogens is 445 g/mol. The highest BCUT2D eigenvalue weighted by molar-refractivity contribution is 7.10. The number of hydrogen-bond donors (Lipinski definition) is 1. The normalized spacial score (nSPS) is 18.1. The van der Waals surface area contributed by atoms with Crippen LogP contribution in [0.1, 0.15) is 67.9 Å². The second-order valence-corrected chi connectivity index (χ2v) is 10.00. The average molecular weight is 475 g/mol. The van der Waals surface area contributed by atoms with Gasteiger partial charge in [-0.15, -0.1) is 11.3 Å². The SMILES string of the molecule is CCCC1CCc2sccc2C1Nc1nc(CC)c(-c2ccc(Cl)cc2Cl)nc1CC. The summed E-state index contributed by atoms with van der Waals surface area (Å²) in [6, 6.07) is 8.16. The van der Waals surface area contributed by atoms with Gasteiger partial charge in [0.05, 0.1) is 28.1 Å². The van der Waals surface area contributed by atoms with Gasteiger partial charge in [0.2, 0.25) is 0 Å². The van der Waals surface area contributed by atoms with E-state index in [1.165, 1.54) is 36.1 Å². The van der Waals surface area contributed by atoms with Crippen LogP contribution in [0.4, 0.5) is 5.82 Å². The van der Waals surface area contributed by atoms with Crippen molar-refractivity contribution >= 4 is 40.4 Å². The van der Waals surface area contributed by atoms with E-state index in [-0.39, 0.29) is 0 Å². The second-order valence-electron chi connectivity index (χ2n) is 8.15. The molecule has 0 saturated heterocycles. The molecule has 1 N–H and O–H groups in total. The molecule has 0 amide bonds. The van der Waals surface area contributed by atoms with Crippen LogP contribution in [-0.2, 0) is 19.3 Å². The predicted molar refractivity (Wildman–Crippen MR) is 134 cm³/mol. The fourth-order valence-electron chi connectivity index (χ4n) is 4.60. The number of thiophene rings is 1. The van der Waals surface area contributed by atoms with Crippen LogP contribution in [0, 0.1) is 5.92 Å². The summed E-state index contributed by atoms with van der Waals surface area (Å²) in [5.41, 5.74) is 5.13. The van der Waals surface area contributed by atoms with Gasteiger partial charge in [0.1, 0.15) is 5.82 Å². The fraction of sp³-hybridized carbons (Fsp3) is 0.440. The summed E-state index contributed by atoms with van der Waals surface area (Å²) in [6.07, 6.45) is 6.43. The molecule has 1 aromatic carbocycles. The van der Waals surface area contributed by atoms with Gasteiger partial charge in [0.25, 0.3) is 0 Å². The maximum Gasteiger partial charge on any atom is 0.148 e. The second kappa shape index (κ2) is 9.89. The van der Waals surface area contributed by atoms with Crippen molar-refractivity contribution in [3.63, 3.8) is 0 Å². The van der Waals surface area contributed by atoms with Crippen molar-refractivity contribution in [3.8, 4) is 11.3 Å². The standard InChI is InChI=1S/C25H29Cl2N3S/c1-4-7-15-8-11-22-18(12-13-31-22)23(15)30-25-21(6-3)28-24(20(5-2)29-25)17-10-9-16(26)14-19(17)27/h9-10,12-15,23H,4-8,11H2,1-3H3,(H,29,30). The Hall–Kier alpha value is -1.62. The molecule has 2 atom stereocenters. The Morgan fingerprint density at radius 2 is 1.87 bits per heavy atom. The summed E-state index contributed by atoms with van der Waals surface area (Å²) in [4.78, 5) is 11.6. The predicted octanol–water partition coefficient (Wildman–Crippen LogP) is 8.15. The number of hydrogen-bond acceptors (Lipinski definition) is 4. The first-order chi connectivity index (χ1) is 15.0. The Labute approximate surface area is 199 Å². The maximum absolute atomic E-state index is 6.51. The van der Waals surface area contributed by atoms with Crippen LogP contribution in [0.15, 0.2) is 29.6 Å². The van der Waals surface area contributed by atoms with E-state index in [1.807, 2.05) is 23.5 Å². The van der Waals surface area contributed by atoms with Crippen LogP contribution < -0.4 is 5.32 Å². The molecule has 0 spiro atoms. The minimum absolute atomic E-state index is 0.296. The molecule has 0 aliphatic heterocycles. The first-order valence-corrected chi connectivity index (χ1v) is 12.9. The largest absolute Gasteiger partial charge is 0.361 e. The summed E-state index contributed by atoms with van der Waals surface area (Å²) in [7, 11) is 0. The Morgan fingerprint density at radius 3 is 2.58 bits per heavy atom. The number of fused-ring (bicyclic) bond motifs is 1. The minimum Gasteiger partial charge on any atom is -0.361 e. The van der Waals surface area contributed by atoms with Crippen molar-refractivity contribution in [1.82, 2.24) is 9.97 Å². The molecule has 0 saturated carbocycles. The fourth-order valence-corrected chi connectivity index (χ4v) is 6.05. The first kappa shape index (κ1) is 22.6. The van der Waals surface area contributed by atoms with E-state index in [4.69, 9.17) is 33.2 Å². The highest BCUT2D eigenvalue weighted by Crippen LogP contribution is 2.42. The van der Waals surface area contributed by atoms with Crippen LogP contribution in [0.5, 0.6) is 0 Å². The van der Waals surface area contributed by atoms with E-state index < -0.39 is 0 Å². The van der Waals surface area contributed by atoms with Crippen LogP contribution in [0.3, 0.4) is 0 Å². The number of rotatable bonds is 7. The number of aromatic nitrogens is 2. The van der Waals surface area contributed by atoms with Crippen LogP contribution in [-0.4, -0.2) is 9.97 Å². The zero-order chi connectivity index (χ0) is 22.0. The molecule has 164 valence electrons. The highest BCUT2D eigenvalue weighted by Gasteiger charge is 2.31. The lowest BCUT2D eigenvalue weighted by Gasteiger charge is -2.33. The van der Waals surface area contributed by atoms with Gasteiger partial charge in [-0.3, -0.25) is 0 Å². The third-order valence-electron chi connectivity index (χ3n) is 6.18. The number of benzene rings is 1. The summed E-state index contributed by atoms with van der Waals surface area (Å²) in [5.74, 6) is 1.53.